The van der Waals surface area contributed by atoms with Gasteiger partial charge in [-0.3, -0.25) is 0 Å². The summed E-state index contributed by atoms with van der Waals surface area (Å²) < 4.78 is 21.9. The van der Waals surface area contributed by atoms with Gasteiger partial charge in [-0.2, -0.15) is 0 Å². The molecule has 90 valence electrons. The van der Waals surface area contributed by atoms with Gasteiger partial charge in [-0.15, -0.1) is 0 Å². The number of hydrogen-bond donors (Lipinski definition) is 1. The average Bonchev–Trinajstić information content (AvgIpc) is 2.29. The van der Waals surface area contributed by atoms with Gasteiger partial charge in [0.1, 0.15) is 11.5 Å². The molecule has 5 heteroatoms. The van der Waals surface area contributed by atoms with Gasteiger partial charge < -0.3 is 9.05 Å². The largest absolute Gasteiger partial charge is 0.510 e. The molecule has 0 bridgehead atoms. The van der Waals surface area contributed by atoms with Gasteiger partial charge in [0.15, 0.2) is 0 Å². The Hall–Kier alpha value is -1.77. The van der Waals surface area contributed by atoms with Gasteiger partial charge in [-0.1, -0.05) is 37.4 Å². The van der Waals surface area contributed by atoms with Crippen molar-refractivity contribution in [2.24, 2.45) is 5.50 Å². The van der Waals surface area contributed by atoms with Crippen LogP contribution in [0.2, 0.25) is 0 Å². The van der Waals surface area contributed by atoms with Crippen LogP contribution in [0.5, 0.6) is 5.75 Å². The summed E-state index contributed by atoms with van der Waals surface area (Å²) in [5.74, 6) is 0.613. The van der Waals surface area contributed by atoms with E-state index in [2.05, 4.69) is 13.2 Å². The Morgan fingerprint density at radius 1 is 1.29 bits per heavy atom. The lowest BCUT2D eigenvalue weighted by molar-refractivity contribution is 0.340. The molecule has 0 fully saturated rings. The first kappa shape index (κ1) is 13.3. The van der Waals surface area contributed by atoms with Crippen LogP contribution in [0.15, 0.2) is 67.5 Å². The Balaban J connectivity index is 2.76. The number of benzene rings is 1. The highest BCUT2D eigenvalue weighted by Crippen LogP contribution is 2.42. The van der Waals surface area contributed by atoms with E-state index in [9.17, 15) is 4.57 Å². The first-order valence-corrected chi connectivity index (χ1v) is 6.46. The van der Waals surface area contributed by atoms with Crippen LogP contribution in [-0.2, 0) is 9.09 Å². The fraction of sp³-hybridized carbons (Fsp3) is 0. The summed E-state index contributed by atoms with van der Waals surface area (Å²) in [6.45, 7) is 6.98. The van der Waals surface area contributed by atoms with Crippen LogP contribution in [0.25, 0.3) is 0 Å². The normalized spacial score (nSPS) is 14.5. The smallest absolute Gasteiger partial charge is 0.405 e. The Morgan fingerprint density at radius 2 is 1.94 bits per heavy atom. The first-order chi connectivity index (χ1) is 8.07. The van der Waals surface area contributed by atoms with E-state index in [1.807, 2.05) is 6.07 Å². The second-order valence-electron chi connectivity index (χ2n) is 3.04. The summed E-state index contributed by atoms with van der Waals surface area (Å²) in [5, 5.41) is 0. The van der Waals surface area contributed by atoms with Crippen LogP contribution < -0.4 is 10.0 Å². The highest BCUT2D eigenvalue weighted by atomic mass is 31.2. The van der Waals surface area contributed by atoms with Crippen molar-refractivity contribution in [3.05, 3.63) is 67.5 Å². The highest BCUT2D eigenvalue weighted by Gasteiger charge is 2.21. The number of para-hydroxylation sites is 1. The molecule has 4 nitrogen and oxygen atoms in total. The minimum Gasteiger partial charge on any atom is -0.405 e. The fourth-order valence-corrected chi connectivity index (χ4v) is 1.93. The number of allylic oxidation sites excluding steroid dienone is 3. The van der Waals surface area contributed by atoms with Crippen LogP contribution in [0.3, 0.4) is 0 Å². The lowest BCUT2D eigenvalue weighted by Crippen LogP contribution is -2.05. The van der Waals surface area contributed by atoms with Gasteiger partial charge in [0.05, 0.1) is 0 Å². The van der Waals surface area contributed by atoms with E-state index in [0.717, 1.165) is 0 Å². The molecule has 0 amide bonds. The zero-order chi connectivity index (χ0) is 12.7. The molecular weight excluding hydrogens is 237 g/mol. The molecule has 0 saturated carbocycles. The highest BCUT2D eigenvalue weighted by molar-refractivity contribution is 7.51. The van der Waals surface area contributed by atoms with Gasteiger partial charge in [0.2, 0.25) is 0 Å². The topological polar surface area (TPSA) is 61.5 Å². The lowest BCUT2D eigenvalue weighted by atomic mass is 10.3. The molecule has 2 N–H and O–H groups in total. The van der Waals surface area contributed by atoms with Crippen molar-refractivity contribution in [3.63, 3.8) is 0 Å². The molecule has 1 aromatic rings. The van der Waals surface area contributed by atoms with Crippen molar-refractivity contribution < 1.29 is 13.6 Å². The molecule has 0 heterocycles. The Kier molecular flexibility index (Phi) is 4.76. The molecule has 0 spiro atoms. The van der Waals surface area contributed by atoms with Crippen molar-refractivity contribution in [2.45, 2.75) is 0 Å². The maximum absolute atomic E-state index is 11.8. The van der Waals surface area contributed by atoms with E-state index in [4.69, 9.17) is 14.6 Å². The molecule has 0 aliphatic rings. The van der Waals surface area contributed by atoms with Crippen molar-refractivity contribution in [1.29, 1.82) is 0 Å². The second kappa shape index (κ2) is 6.09. The molecule has 0 saturated heterocycles. The third kappa shape index (κ3) is 4.72. The van der Waals surface area contributed by atoms with E-state index in [-0.39, 0.29) is 5.76 Å². The Labute approximate surface area is 101 Å². The fourth-order valence-electron chi connectivity index (χ4n) is 1.05. The predicted octanol–water partition coefficient (Wildman–Crippen LogP) is 3.40. The number of rotatable bonds is 6. The third-order valence-corrected chi connectivity index (χ3v) is 2.62. The van der Waals surface area contributed by atoms with Crippen LogP contribution in [-0.4, -0.2) is 0 Å². The number of hydrogen-bond acceptors (Lipinski definition) is 3. The predicted molar refractivity (Wildman–Crippen MR) is 68.4 cm³/mol. The first-order valence-electron chi connectivity index (χ1n) is 4.85. The zero-order valence-corrected chi connectivity index (χ0v) is 10.2. The molecule has 1 aromatic carbocycles. The van der Waals surface area contributed by atoms with Crippen LogP contribution in [0.1, 0.15) is 0 Å². The third-order valence-electron chi connectivity index (χ3n) is 1.69. The molecule has 1 rings (SSSR count). The maximum Gasteiger partial charge on any atom is 0.510 e. The second-order valence-corrected chi connectivity index (χ2v) is 4.49. The quantitative estimate of drug-likeness (QED) is 0.478. The van der Waals surface area contributed by atoms with Gasteiger partial charge in [0.25, 0.3) is 0 Å². The van der Waals surface area contributed by atoms with Gasteiger partial charge >= 0.3 is 7.75 Å². The summed E-state index contributed by atoms with van der Waals surface area (Å²) in [7, 11) is -3.70. The van der Waals surface area contributed by atoms with Crippen molar-refractivity contribution in [1.82, 2.24) is 0 Å². The van der Waals surface area contributed by atoms with E-state index in [0.29, 0.717) is 5.75 Å². The molecule has 0 radical (unpaired) electrons. The van der Waals surface area contributed by atoms with E-state index in [1.165, 1.54) is 18.2 Å². The Morgan fingerprint density at radius 3 is 2.47 bits per heavy atom. The minimum absolute atomic E-state index is 0.238. The molecule has 1 atom stereocenters. The molecule has 0 aliphatic heterocycles. The number of nitrogens with two attached hydrogens (primary N) is 1. The monoisotopic (exact) mass is 251 g/mol. The van der Waals surface area contributed by atoms with E-state index >= 15 is 0 Å². The standard InChI is InChI=1S/C12H14NO3P/c1-3-8-11(4-2)15-17(13,14)16-12-9-6-5-7-10-12/h3-10H,1-2H2,(H2,13,14)/b11-8+. The molecule has 0 aliphatic carbocycles. The zero-order valence-electron chi connectivity index (χ0n) is 9.28. The lowest BCUT2D eigenvalue weighted by Gasteiger charge is -2.15. The van der Waals surface area contributed by atoms with E-state index in [1.54, 1.807) is 24.3 Å². The molecular formula is C12H14NO3P. The van der Waals surface area contributed by atoms with Crippen LogP contribution in [0, 0.1) is 0 Å². The van der Waals surface area contributed by atoms with Crippen LogP contribution in [0.4, 0.5) is 0 Å². The van der Waals surface area contributed by atoms with Crippen molar-refractivity contribution in [2.75, 3.05) is 0 Å². The van der Waals surface area contributed by atoms with Crippen molar-refractivity contribution >= 4 is 7.75 Å². The van der Waals surface area contributed by atoms with Gasteiger partial charge in [-0.05, 0) is 24.3 Å². The van der Waals surface area contributed by atoms with Crippen LogP contribution >= 0.6 is 7.75 Å². The SMILES string of the molecule is C=C/C=C(\C=C)OP(N)(=O)Oc1ccccc1. The van der Waals surface area contributed by atoms with Crippen molar-refractivity contribution in [3.8, 4) is 5.75 Å². The molecule has 1 unspecified atom stereocenters. The summed E-state index contributed by atoms with van der Waals surface area (Å²) in [5.41, 5.74) is 5.44. The van der Waals surface area contributed by atoms with Gasteiger partial charge in [0, 0.05) is 0 Å². The summed E-state index contributed by atoms with van der Waals surface area (Å²) in [6.07, 6.45) is 4.33. The molecule has 17 heavy (non-hydrogen) atoms. The summed E-state index contributed by atoms with van der Waals surface area (Å²) in [4.78, 5) is 0. The summed E-state index contributed by atoms with van der Waals surface area (Å²) >= 11 is 0. The van der Waals surface area contributed by atoms with E-state index < -0.39 is 7.75 Å². The Bertz CT molecular complexity index is 468. The summed E-state index contributed by atoms with van der Waals surface area (Å²) in [6, 6.07) is 8.55. The maximum atomic E-state index is 11.8. The molecule has 0 aromatic heterocycles. The minimum atomic E-state index is -3.70. The van der Waals surface area contributed by atoms with Gasteiger partial charge in [-0.25, -0.2) is 10.1 Å². The average molecular weight is 251 g/mol.